The van der Waals surface area contributed by atoms with Crippen LogP contribution in [-0.4, -0.2) is 15.2 Å². The maximum atomic E-state index is 2.55. The quantitative estimate of drug-likeness (QED) is 0.172. The Morgan fingerprint density at radius 1 is 0.421 bits per heavy atom. The molecule has 0 spiro atoms. The van der Waals surface area contributed by atoms with Crippen molar-refractivity contribution in [1.82, 2.24) is 9.13 Å². The van der Waals surface area contributed by atoms with Crippen molar-refractivity contribution in [3.63, 3.8) is 0 Å². The Balaban J connectivity index is 1.01. The topological polar surface area (TPSA) is 13.1 Å². The maximum absolute atomic E-state index is 2.55. The Morgan fingerprint density at radius 2 is 0.982 bits per heavy atom. The molecule has 57 heavy (non-hydrogen) atoms. The minimum atomic E-state index is 0.263. The van der Waals surface area contributed by atoms with E-state index in [0.717, 1.165) is 6.42 Å². The van der Waals surface area contributed by atoms with Crippen LogP contribution >= 0.6 is 0 Å². The SMILES string of the molecule is C1=CCC(n2c3ccc(-c4ccc5c(c4)C4C=CC=CC4N5c4ccccc4)cc3c3cc(-c4ccc5c(c4)c4ccccc4n5-c4ccccc4)ccc32)C=C1. The first-order valence-corrected chi connectivity index (χ1v) is 20.1. The van der Waals surface area contributed by atoms with E-state index in [1.807, 2.05) is 0 Å². The van der Waals surface area contributed by atoms with Gasteiger partial charge in [0, 0.05) is 55.6 Å². The largest absolute Gasteiger partial charge is 0.333 e. The molecule has 7 aromatic carbocycles. The summed E-state index contributed by atoms with van der Waals surface area (Å²) in [7, 11) is 0. The van der Waals surface area contributed by atoms with Crippen molar-refractivity contribution in [2.45, 2.75) is 24.4 Å². The summed E-state index contributed by atoms with van der Waals surface area (Å²) in [6.07, 6.45) is 19.1. The number of allylic oxidation sites excluding steroid dienone is 6. The third-order valence-electron chi connectivity index (χ3n) is 12.5. The van der Waals surface area contributed by atoms with E-state index < -0.39 is 0 Å². The van der Waals surface area contributed by atoms with Crippen LogP contribution in [0.4, 0.5) is 11.4 Å². The number of rotatable bonds is 5. The minimum absolute atomic E-state index is 0.263. The zero-order valence-electron chi connectivity index (χ0n) is 31.4. The summed E-state index contributed by atoms with van der Waals surface area (Å²) in [5.74, 6) is 0.309. The first kappa shape index (κ1) is 32.2. The van der Waals surface area contributed by atoms with Crippen LogP contribution in [0.1, 0.15) is 23.9 Å². The van der Waals surface area contributed by atoms with Crippen molar-refractivity contribution in [1.29, 1.82) is 0 Å². The molecule has 0 radical (unpaired) electrons. The van der Waals surface area contributed by atoms with Crippen molar-refractivity contribution >= 4 is 55.0 Å². The summed E-state index contributed by atoms with van der Waals surface area (Å²) in [5.41, 5.74) is 15.0. The second kappa shape index (κ2) is 12.7. The number of nitrogens with zero attached hydrogens (tertiary/aromatic N) is 3. The zero-order chi connectivity index (χ0) is 37.5. The number of anilines is 2. The highest BCUT2D eigenvalue weighted by Crippen LogP contribution is 2.49. The monoisotopic (exact) mass is 729 g/mol. The summed E-state index contributed by atoms with van der Waals surface area (Å²) in [6.45, 7) is 0. The standard InChI is InChI=1S/C54H39N3/c1-4-14-40(15-5-1)55-49-22-12-10-20-43(49)45-32-36(24-28-51(45)55)38-26-30-53-47(34-38)48-35-39(27-31-54(48)57(53)42-18-8-3-9-19-42)37-25-29-52-46(33-37)44-21-11-13-23-50(44)56(52)41-16-6-2-7-17-41/h1-18,20-35,42-43,49H,19H2. The van der Waals surface area contributed by atoms with Gasteiger partial charge >= 0.3 is 0 Å². The number of hydrogen-bond acceptors (Lipinski definition) is 1. The molecule has 3 nitrogen and oxygen atoms in total. The number of para-hydroxylation sites is 3. The van der Waals surface area contributed by atoms with Crippen molar-refractivity contribution in [2.75, 3.05) is 4.90 Å². The van der Waals surface area contributed by atoms with Gasteiger partial charge in [-0.25, -0.2) is 0 Å². The molecule has 3 aliphatic rings. The highest BCUT2D eigenvalue weighted by molar-refractivity contribution is 6.13. The number of aromatic nitrogens is 2. The predicted octanol–water partition coefficient (Wildman–Crippen LogP) is 14.0. The summed E-state index contributed by atoms with van der Waals surface area (Å²) in [4.78, 5) is 2.50. The second-order valence-electron chi connectivity index (χ2n) is 15.6. The van der Waals surface area contributed by atoms with Crippen LogP contribution in [0.5, 0.6) is 0 Å². The van der Waals surface area contributed by atoms with Gasteiger partial charge in [0.1, 0.15) is 0 Å². The molecule has 12 rings (SSSR count). The van der Waals surface area contributed by atoms with Crippen molar-refractivity contribution in [3.8, 4) is 27.9 Å². The molecule has 9 aromatic rings. The van der Waals surface area contributed by atoms with Gasteiger partial charge < -0.3 is 14.0 Å². The molecule has 0 bridgehead atoms. The molecular formula is C54H39N3. The van der Waals surface area contributed by atoms with E-state index in [0.29, 0.717) is 5.92 Å². The van der Waals surface area contributed by atoms with Gasteiger partial charge in [0.15, 0.2) is 0 Å². The van der Waals surface area contributed by atoms with Crippen LogP contribution in [0, 0.1) is 0 Å². The molecule has 0 fully saturated rings. The lowest BCUT2D eigenvalue weighted by atomic mass is 9.89. The molecule has 270 valence electrons. The molecule has 0 saturated heterocycles. The molecule has 3 heterocycles. The molecule has 0 N–H and O–H groups in total. The molecule has 3 unspecified atom stereocenters. The van der Waals surface area contributed by atoms with Gasteiger partial charge in [0.05, 0.1) is 23.1 Å². The Kier molecular flexibility index (Phi) is 7.18. The van der Waals surface area contributed by atoms with Gasteiger partial charge in [-0.05, 0) is 113 Å². The highest BCUT2D eigenvalue weighted by atomic mass is 15.2. The molecule has 0 saturated carbocycles. The maximum Gasteiger partial charge on any atom is 0.0629 e. The van der Waals surface area contributed by atoms with E-state index in [2.05, 4.69) is 220 Å². The molecule has 0 amide bonds. The van der Waals surface area contributed by atoms with Gasteiger partial charge in [0.2, 0.25) is 0 Å². The van der Waals surface area contributed by atoms with Crippen LogP contribution in [0.25, 0.3) is 71.6 Å². The Labute approximate surface area is 332 Å². The first-order chi connectivity index (χ1) is 28.3. The lowest BCUT2D eigenvalue weighted by Gasteiger charge is -2.28. The number of hydrogen-bond donors (Lipinski definition) is 0. The lowest BCUT2D eigenvalue weighted by Crippen LogP contribution is -2.28. The number of benzene rings is 7. The molecule has 2 aromatic heterocycles. The molecule has 2 aliphatic carbocycles. The minimum Gasteiger partial charge on any atom is -0.333 e. The predicted molar refractivity (Wildman–Crippen MR) is 240 cm³/mol. The van der Waals surface area contributed by atoms with Gasteiger partial charge in [-0.1, -0.05) is 127 Å². The van der Waals surface area contributed by atoms with Crippen molar-refractivity contribution in [3.05, 3.63) is 212 Å². The van der Waals surface area contributed by atoms with E-state index in [4.69, 9.17) is 0 Å². The van der Waals surface area contributed by atoms with Crippen LogP contribution in [0.15, 0.2) is 206 Å². The fourth-order valence-corrected chi connectivity index (χ4v) is 9.95. The lowest BCUT2D eigenvalue weighted by molar-refractivity contribution is 0.648. The molecule has 1 aliphatic heterocycles. The smallest absolute Gasteiger partial charge is 0.0629 e. The highest BCUT2D eigenvalue weighted by Gasteiger charge is 2.37. The third-order valence-corrected chi connectivity index (χ3v) is 12.5. The van der Waals surface area contributed by atoms with E-state index >= 15 is 0 Å². The molecular weight excluding hydrogens is 691 g/mol. The summed E-state index contributed by atoms with van der Waals surface area (Å²) >= 11 is 0. The third kappa shape index (κ3) is 4.98. The normalized spacial score (nSPS) is 18.3. The first-order valence-electron chi connectivity index (χ1n) is 20.1. The van der Waals surface area contributed by atoms with Crippen molar-refractivity contribution in [2.24, 2.45) is 0 Å². The average Bonchev–Trinajstić information content (AvgIpc) is 3.92. The molecule has 3 heteroatoms. The van der Waals surface area contributed by atoms with Gasteiger partial charge in [-0.15, -0.1) is 0 Å². The summed E-state index contributed by atoms with van der Waals surface area (Å²) in [5, 5.41) is 5.11. The number of fused-ring (bicyclic) bond motifs is 9. The van der Waals surface area contributed by atoms with E-state index in [9.17, 15) is 0 Å². The van der Waals surface area contributed by atoms with Gasteiger partial charge in [-0.3, -0.25) is 0 Å². The Bertz CT molecular complexity index is 3170. The van der Waals surface area contributed by atoms with Gasteiger partial charge in [-0.2, -0.15) is 0 Å². The summed E-state index contributed by atoms with van der Waals surface area (Å²) in [6, 6.07) is 59.2. The fraction of sp³-hybridized carbons (Fsp3) is 0.0741. The van der Waals surface area contributed by atoms with Crippen LogP contribution in [0.2, 0.25) is 0 Å². The van der Waals surface area contributed by atoms with Crippen LogP contribution < -0.4 is 4.90 Å². The van der Waals surface area contributed by atoms with Crippen LogP contribution in [0.3, 0.4) is 0 Å². The average molecular weight is 730 g/mol. The van der Waals surface area contributed by atoms with Crippen molar-refractivity contribution < 1.29 is 0 Å². The zero-order valence-corrected chi connectivity index (χ0v) is 31.4. The van der Waals surface area contributed by atoms with E-state index in [-0.39, 0.29) is 12.1 Å². The Hall–Kier alpha value is -7.10. The Morgan fingerprint density at radius 3 is 1.68 bits per heavy atom. The van der Waals surface area contributed by atoms with E-state index in [1.54, 1.807) is 0 Å². The summed E-state index contributed by atoms with van der Waals surface area (Å²) < 4.78 is 4.94. The van der Waals surface area contributed by atoms with Gasteiger partial charge in [0.25, 0.3) is 0 Å². The van der Waals surface area contributed by atoms with Crippen LogP contribution in [-0.2, 0) is 0 Å². The fourth-order valence-electron chi connectivity index (χ4n) is 9.95. The van der Waals surface area contributed by atoms with E-state index in [1.165, 1.54) is 88.5 Å². The molecule has 3 atom stereocenters. The second-order valence-corrected chi connectivity index (χ2v) is 15.6.